The molecule has 3 aromatic rings. The number of carbonyl (C=O) groups is 1. The zero-order chi connectivity index (χ0) is 23.6. The van der Waals surface area contributed by atoms with Gasteiger partial charge in [0.05, 0.1) is 15.6 Å². The number of anilines is 1. The molecule has 32 heavy (non-hydrogen) atoms. The van der Waals surface area contributed by atoms with E-state index >= 15 is 0 Å². The standard InChI is InChI=1S/C22H18Cl2N4O3S/c1-13-9-15(14(2)28(13)21-11-17(23)3-8-20(21)24)10-16(12-25)22(29)27-18-4-6-19(7-5-18)32(26,30)31/h3-11H,1-2H3,(H,27,29)(H2,26,30,31)/b16-10+. The molecule has 164 valence electrons. The van der Waals surface area contributed by atoms with Crippen molar-refractivity contribution in [1.29, 1.82) is 5.26 Å². The van der Waals surface area contributed by atoms with Gasteiger partial charge in [-0.15, -0.1) is 0 Å². The van der Waals surface area contributed by atoms with E-state index in [2.05, 4.69) is 5.32 Å². The van der Waals surface area contributed by atoms with Gasteiger partial charge in [-0.05, 0) is 74.0 Å². The third-order valence-corrected chi connectivity index (χ3v) is 6.21. The minimum atomic E-state index is -3.84. The number of primary sulfonamides is 1. The van der Waals surface area contributed by atoms with Crippen LogP contribution in [0.5, 0.6) is 0 Å². The first-order valence-corrected chi connectivity index (χ1v) is 11.5. The summed E-state index contributed by atoms with van der Waals surface area (Å²) in [7, 11) is -3.84. The van der Waals surface area contributed by atoms with Crippen molar-refractivity contribution >= 4 is 50.9 Å². The molecule has 1 aromatic heterocycles. The van der Waals surface area contributed by atoms with Crippen LogP contribution in [0, 0.1) is 25.2 Å². The smallest absolute Gasteiger partial charge is 0.266 e. The van der Waals surface area contributed by atoms with Gasteiger partial charge in [0, 0.05) is 22.1 Å². The first kappa shape index (κ1) is 23.6. The summed E-state index contributed by atoms with van der Waals surface area (Å²) in [5, 5.41) is 18.2. The highest BCUT2D eigenvalue weighted by molar-refractivity contribution is 7.89. The highest BCUT2D eigenvalue weighted by Crippen LogP contribution is 2.30. The van der Waals surface area contributed by atoms with Gasteiger partial charge in [0.1, 0.15) is 11.6 Å². The van der Waals surface area contributed by atoms with Crippen molar-refractivity contribution in [3.8, 4) is 11.8 Å². The molecule has 1 amide bonds. The topological polar surface area (TPSA) is 118 Å². The van der Waals surface area contributed by atoms with Crippen molar-refractivity contribution in [3.63, 3.8) is 0 Å². The van der Waals surface area contributed by atoms with Crippen LogP contribution < -0.4 is 10.5 Å². The number of aryl methyl sites for hydroxylation is 1. The molecular formula is C22H18Cl2N4O3S. The average Bonchev–Trinajstić information content (AvgIpc) is 3.00. The molecule has 0 aliphatic heterocycles. The molecule has 3 N–H and O–H groups in total. The number of nitrogens with two attached hydrogens (primary N) is 1. The predicted octanol–water partition coefficient (Wildman–Crippen LogP) is 4.59. The molecule has 0 bridgehead atoms. The molecule has 0 saturated carbocycles. The molecule has 0 unspecified atom stereocenters. The Kier molecular flexibility index (Phi) is 6.77. The number of hydrogen-bond acceptors (Lipinski definition) is 4. The number of carbonyl (C=O) groups excluding carboxylic acids is 1. The fourth-order valence-electron chi connectivity index (χ4n) is 3.19. The Balaban J connectivity index is 1.92. The number of benzene rings is 2. The Morgan fingerprint density at radius 2 is 1.78 bits per heavy atom. The van der Waals surface area contributed by atoms with Crippen LogP contribution in [-0.2, 0) is 14.8 Å². The number of nitriles is 1. The molecule has 2 aromatic carbocycles. The zero-order valence-electron chi connectivity index (χ0n) is 17.1. The van der Waals surface area contributed by atoms with Crippen molar-refractivity contribution in [2.45, 2.75) is 18.7 Å². The van der Waals surface area contributed by atoms with E-state index in [4.69, 9.17) is 28.3 Å². The highest BCUT2D eigenvalue weighted by atomic mass is 35.5. The van der Waals surface area contributed by atoms with E-state index in [0.717, 1.165) is 11.4 Å². The van der Waals surface area contributed by atoms with Crippen molar-refractivity contribution < 1.29 is 13.2 Å². The lowest BCUT2D eigenvalue weighted by molar-refractivity contribution is -0.112. The third kappa shape index (κ3) is 5.03. The van der Waals surface area contributed by atoms with Crippen molar-refractivity contribution in [2.75, 3.05) is 5.32 Å². The Labute approximate surface area is 195 Å². The summed E-state index contributed by atoms with van der Waals surface area (Å²) < 4.78 is 24.6. The lowest BCUT2D eigenvalue weighted by atomic mass is 10.1. The molecule has 0 aliphatic rings. The molecule has 10 heteroatoms. The Morgan fingerprint density at radius 1 is 1.12 bits per heavy atom. The summed E-state index contributed by atoms with van der Waals surface area (Å²) in [5.41, 5.74) is 3.15. The van der Waals surface area contributed by atoms with Gasteiger partial charge in [0.25, 0.3) is 5.91 Å². The van der Waals surface area contributed by atoms with Gasteiger partial charge in [-0.2, -0.15) is 5.26 Å². The summed E-state index contributed by atoms with van der Waals surface area (Å²) >= 11 is 12.5. The van der Waals surface area contributed by atoms with E-state index in [1.807, 2.05) is 30.6 Å². The number of nitrogens with zero attached hydrogens (tertiary/aromatic N) is 2. The average molecular weight is 489 g/mol. The molecule has 7 nitrogen and oxygen atoms in total. The normalized spacial score (nSPS) is 11.8. The maximum Gasteiger partial charge on any atom is 0.266 e. The second-order valence-corrected chi connectivity index (χ2v) is 9.36. The van der Waals surface area contributed by atoms with Crippen molar-refractivity contribution in [1.82, 2.24) is 4.57 Å². The van der Waals surface area contributed by atoms with Gasteiger partial charge in [-0.25, -0.2) is 13.6 Å². The minimum Gasteiger partial charge on any atom is -0.321 e. The number of rotatable bonds is 5. The Hall–Kier alpha value is -3.09. The molecule has 0 aliphatic carbocycles. The fraction of sp³-hybridized carbons (Fsp3) is 0.0909. The summed E-state index contributed by atoms with van der Waals surface area (Å²) in [6.45, 7) is 3.72. The van der Waals surface area contributed by atoms with Gasteiger partial charge in [0.2, 0.25) is 10.0 Å². The molecule has 0 fully saturated rings. The Morgan fingerprint density at radius 3 is 2.38 bits per heavy atom. The first-order chi connectivity index (χ1) is 15.0. The summed E-state index contributed by atoms with van der Waals surface area (Å²) in [6, 6.07) is 14.2. The van der Waals surface area contributed by atoms with Crippen LogP contribution >= 0.6 is 23.2 Å². The number of halogens is 2. The van der Waals surface area contributed by atoms with E-state index in [0.29, 0.717) is 27.0 Å². The van der Waals surface area contributed by atoms with E-state index in [-0.39, 0.29) is 10.5 Å². The molecule has 3 rings (SSSR count). The summed E-state index contributed by atoms with van der Waals surface area (Å²) in [6.07, 6.45) is 1.48. The van der Waals surface area contributed by atoms with Crippen LogP contribution in [0.3, 0.4) is 0 Å². The van der Waals surface area contributed by atoms with Gasteiger partial charge in [-0.3, -0.25) is 4.79 Å². The molecule has 1 heterocycles. The van der Waals surface area contributed by atoms with Gasteiger partial charge in [0.15, 0.2) is 0 Å². The van der Waals surface area contributed by atoms with Crippen LogP contribution in [0.15, 0.2) is 59.0 Å². The molecular weight excluding hydrogens is 471 g/mol. The SMILES string of the molecule is Cc1cc(/C=C(\C#N)C(=O)Nc2ccc(S(N)(=O)=O)cc2)c(C)n1-c1cc(Cl)ccc1Cl. The summed E-state index contributed by atoms with van der Waals surface area (Å²) in [4.78, 5) is 12.5. The lowest BCUT2D eigenvalue weighted by Crippen LogP contribution is -2.14. The highest BCUT2D eigenvalue weighted by Gasteiger charge is 2.16. The number of aromatic nitrogens is 1. The summed E-state index contributed by atoms with van der Waals surface area (Å²) in [5.74, 6) is -0.638. The van der Waals surface area contributed by atoms with Crippen molar-refractivity contribution in [2.24, 2.45) is 5.14 Å². The van der Waals surface area contributed by atoms with Crippen LogP contribution in [0.25, 0.3) is 11.8 Å². The van der Waals surface area contributed by atoms with Crippen LogP contribution in [0.1, 0.15) is 17.0 Å². The lowest BCUT2D eigenvalue weighted by Gasteiger charge is -2.12. The van der Waals surface area contributed by atoms with Gasteiger partial charge >= 0.3 is 0 Å². The molecule has 0 atom stereocenters. The second-order valence-electron chi connectivity index (χ2n) is 6.95. The monoisotopic (exact) mass is 488 g/mol. The van der Waals surface area contributed by atoms with Gasteiger partial charge < -0.3 is 9.88 Å². The maximum atomic E-state index is 12.6. The van der Waals surface area contributed by atoms with Crippen molar-refractivity contribution in [3.05, 3.63) is 81.1 Å². The van der Waals surface area contributed by atoms with E-state index in [1.165, 1.54) is 30.3 Å². The van der Waals surface area contributed by atoms with E-state index in [9.17, 15) is 18.5 Å². The largest absolute Gasteiger partial charge is 0.321 e. The van der Waals surface area contributed by atoms with Crippen LogP contribution in [-0.4, -0.2) is 18.9 Å². The van der Waals surface area contributed by atoms with Crippen LogP contribution in [0.4, 0.5) is 5.69 Å². The minimum absolute atomic E-state index is 0.0846. The van der Waals surface area contributed by atoms with Crippen LogP contribution in [0.2, 0.25) is 10.0 Å². The van der Waals surface area contributed by atoms with E-state index in [1.54, 1.807) is 18.2 Å². The Bertz CT molecular complexity index is 1390. The third-order valence-electron chi connectivity index (χ3n) is 4.72. The predicted molar refractivity (Wildman–Crippen MR) is 125 cm³/mol. The zero-order valence-corrected chi connectivity index (χ0v) is 19.4. The van der Waals surface area contributed by atoms with Gasteiger partial charge in [-0.1, -0.05) is 23.2 Å². The number of amides is 1. The first-order valence-electron chi connectivity index (χ1n) is 9.21. The van der Waals surface area contributed by atoms with E-state index < -0.39 is 15.9 Å². The second kappa shape index (κ2) is 9.18. The molecule has 0 radical (unpaired) electrons. The number of sulfonamides is 1. The molecule has 0 spiro atoms. The number of nitrogens with one attached hydrogen (secondary N) is 1. The maximum absolute atomic E-state index is 12.6. The molecule has 0 saturated heterocycles. The number of hydrogen-bond donors (Lipinski definition) is 2. The fourth-order valence-corrected chi connectivity index (χ4v) is 4.08. The quantitative estimate of drug-likeness (QED) is 0.402.